The van der Waals surface area contributed by atoms with Crippen molar-refractivity contribution in [1.82, 2.24) is 9.80 Å². The summed E-state index contributed by atoms with van der Waals surface area (Å²) in [5.74, 6) is -0.367. The van der Waals surface area contributed by atoms with Crippen LogP contribution >= 0.6 is 0 Å². The van der Waals surface area contributed by atoms with Crippen molar-refractivity contribution in [3.05, 3.63) is 35.4 Å². The predicted molar refractivity (Wildman–Crippen MR) is 72.4 cm³/mol. The number of carbonyl (C=O) groups is 1. The van der Waals surface area contributed by atoms with E-state index in [1.807, 2.05) is 24.3 Å². The molecular formula is C14H21N3O. The summed E-state index contributed by atoms with van der Waals surface area (Å²) in [6, 6.07) is 8.02. The van der Waals surface area contributed by atoms with Gasteiger partial charge in [0.15, 0.2) is 0 Å². The lowest BCUT2D eigenvalue weighted by atomic mass is 10.0. The third kappa shape index (κ3) is 2.89. The minimum Gasteiger partial charge on any atom is -0.366 e. The molecule has 0 radical (unpaired) electrons. The van der Waals surface area contributed by atoms with Gasteiger partial charge in [-0.1, -0.05) is 12.1 Å². The van der Waals surface area contributed by atoms with E-state index in [1.54, 1.807) is 0 Å². The van der Waals surface area contributed by atoms with Crippen LogP contribution in [0.5, 0.6) is 0 Å². The predicted octanol–water partition coefficient (Wildman–Crippen LogP) is 1.09. The average Bonchev–Trinajstić information content (AvgIpc) is 2.39. The Hall–Kier alpha value is -1.39. The first-order chi connectivity index (χ1) is 8.58. The van der Waals surface area contributed by atoms with Crippen LogP contribution in [-0.2, 0) is 0 Å². The molecule has 0 unspecified atom stereocenters. The van der Waals surface area contributed by atoms with Gasteiger partial charge >= 0.3 is 0 Å². The molecule has 1 atom stereocenters. The Labute approximate surface area is 108 Å². The maximum atomic E-state index is 11.0. The molecule has 0 spiro atoms. The molecule has 2 N–H and O–H groups in total. The average molecular weight is 247 g/mol. The Morgan fingerprint density at radius 3 is 2.22 bits per heavy atom. The second-order valence-corrected chi connectivity index (χ2v) is 5.00. The fourth-order valence-corrected chi connectivity index (χ4v) is 2.35. The van der Waals surface area contributed by atoms with Crippen molar-refractivity contribution in [1.29, 1.82) is 0 Å². The van der Waals surface area contributed by atoms with E-state index in [2.05, 4.69) is 23.8 Å². The zero-order chi connectivity index (χ0) is 13.1. The minimum atomic E-state index is -0.367. The van der Waals surface area contributed by atoms with Crippen LogP contribution in [-0.4, -0.2) is 48.9 Å². The van der Waals surface area contributed by atoms with E-state index in [9.17, 15) is 4.79 Å². The van der Waals surface area contributed by atoms with E-state index in [-0.39, 0.29) is 5.91 Å². The Morgan fingerprint density at radius 2 is 1.72 bits per heavy atom. The molecule has 1 saturated heterocycles. The molecule has 18 heavy (non-hydrogen) atoms. The van der Waals surface area contributed by atoms with E-state index in [1.165, 1.54) is 5.56 Å². The van der Waals surface area contributed by atoms with Crippen molar-refractivity contribution in [3.63, 3.8) is 0 Å². The first kappa shape index (κ1) is 13.1. The summed E-state index contributed by atoms with van der Waals surface area (Å²) in [4.78, 5) is 15.8. The Bertz CT molecular complexity index is 408. The summed E-state index contributed by atoms with van der Waals surface area (Å²) in [5, 5.41) is 0. The molecule has 1 aliphatic rings. The first-order valence-corrected chi connectivity index (χ1v) is 6.40. The minimum absolute atomic E-state index is 0.367. The van der Waals surface area contributed by atoms with Crippen LogP contribution in [0.1, 0.15) is 28.9 Å². The second-order valence-electron chi connectivity index (χ2n) is 5.00. The number of nitrogens with two attached hydrogens (primary N) is 1. The topological polar surface area (TPSA) is 49.6 Å². The molecular weight excluding hydrogens is 226 g/mol. The molecule has 0 aromatic heterocycles. The van der Waals surface area contributed by atoms with Gasteiger partial charge in [-0.25, -0.2) is 0 Å². The Kier molecular flexibility index (Phi) is 3.99. The zero-order valence-electron chi connectivity index (χ0n) is 11.1. The van der Waals surface area contributed by atoms with Crippen LogP contribution in [0, 0.1) is 0 Å². The first-order valence-electron chi connectivity index (χ1n) is 6.40. The smallest absolute Gasteiger partial charge is 0.248 e. The van der Waals surface area contributed by atoms with Crippen LogP contribution in [0.3, 0.4) is 0 Å². The maximum Gasteiger partial charge on any atom is 0.248 e. The van der Waals surface area contributed by atoms with Crippen molar-refractivity contribution < 1.29 is 4.79 Å². The lowest BCUT2D eigenvalue weighted by Gasteiger charge is -2.36. The Balaban J connectivity index is 2.04. The molecule has 4 nitrogen and oxygen atoms in total. The number of amides is 1. The van der Waals surface area contributed by atoms with Crippen LogP contribution in [0.25, 0.3) is 0 Å². The number of primary amides is 1. The molecule has 98 valence electrons. The summed E-state index contributed by atoms with van der Waals surface area (Å²) < 4.78 is 0. The van der Waals surface area contributed by atoms with E-state index in [0.29, 0.717) is 11.6 Å². The molecule has 1 aromatic carbocycles. The van der Waals surface area contributed by atoms with Gasteiger partial charge < -0.3 is 10.6 Å². The van der Waals surface area contributed by atoms with Crippen LogP contribution in [0.2, 0.25) is 0 Å². The molecule has 0 saturated carbocycles. The normalized spacial score (nSPS) is 19.7. The van der Waals surface area contributed by atoms with Gasteiger partial charge in [0, 0.05) is 37.8 Å². The number of hydrogen-bond donors (Lipinski definition) is 1. The SMILES string of the molecule is C[C@@H](c1ccc(C(N)=O)cc1)N1CCN(C)CC1. The number of nitrogens with zero attached hydrogens (tertiary/aromatic N) is 2. The van der Waals surface area contributed by atoms with Crippen LogP contribution < -0.4 is 5.73 Å². The molecule has 2 rings (SSSR count). The Morgan fingerprint density at radius 1 is 1.17 bits per heavy atom. The molecule has 4 heteroatoms. The maximum absolute atomic E-state index is 11.0. The monoisotopic (exact) mass is 247 g/mol. The second kappa shape index (κ2) is 5.50. The number of rotatable bonds is 3. The van der Waals surface area contributed by atoms with E-state index in [0.717, 1.165) is 26.2 Å². The van der Waals surface area contributed by atoms with Gasteiger partial charge in [-0.2, -0.15) is 0 Å². The third-order valence-corrected chi connectivity index (χ3v) is 3.76. The van der Waals surface area contributed by atoms with Crippen molar-refractivity contribution >= 4 is 5.91 Å². The lowest BCUT2D eigenvalue weighted by molar-refractivity contribution is 0.1000. The largest absolute Gasteiger partial charge is 0.366 e. The van der Waals surface area contributed by atoms with Gasteiger partial charge in [-0.05, 0) is 31.7 Å². The quantitative estimate of drug-likeness (QED) is 0.870. The van der Waals surface area contributed by atoms with E-state index in [4.69, 9.17) is 5.73 Å². The fourth-order valence-electron chi connectivity index (χ4n) is 2.35. The molecule has 0 aliphatic carbocycles. The number of piperazine rings is 1. The summed E-state index contributed by atoms with van der Waals surface area (Å²) in [5.41, 5.74) is 7.06. The summed E-state index contributed by atoms with van der Waals surface area (Å²) in [6.45, 7) is 6.63. The zero-order valence-corrected chi connectivity index (χ0v) is 11.1. The van der Waals surface area contributed by atoms with Crippen LogP contribution in [0.4, 0.5) is 0 Å². The fraction of sp³-hybridized carbons (Fsp3) is 0.500. The lowest BCUT2D eigenvalue weighted by Crippen LogP contribution is -2.45. The van der Waals surface area contributed by atoms with Crippen molar-refractivity contribution in [3.8, 4) is 0 Å². The van der Waals surface area contributed by atoms with Crippen molar-refractivity contribution in [2.75, 3.05) is 33.2 Å². The number of hydrogen-bond acceptors (Lipinski definition) is 3. The molecule has 1 amide bonds. The number of benzene rings is 1. The van der Waals surface area contributed by atoms with Gasteiger partial charge in [-0.3, -0.25) is 9.69 Å². The number of carbonyl (C=O) groups excluding carboxylic acids is 1. The molecule has 1 fully saturated rings. The molecule has 1 heterocycles. The highest BCUT2D eigenvalue weighted by Gasteiger charge is 2.20. The highest BCUT2D eigenvalue weighted by molar-refractivity contribution is 5.92. The summed E-state index contributed by atoms with van der Waals surface area (Å²) in [7, 11) is 2.16. The highest BCUT2D eigenvalue weighted by Crippen LogP contribution is 2.21. The van der Waals surface area contributed by atoms with Gasteiger partial charge in [-0.15, -0.1) is 0 Å². The van der Waals surface area contributed by atoms with E-state index < -0.39 is 0 Å². The van der Waals surface area contributed by atoms with Crippen molar-refractivity contribution in [2.24, 2.45) is 5.73 Å². The highest BCUT2D eigenvalue weighted by atomic mass is 16.1. The van der Waals surface area contributed by atoms with Crippen molar-refractivity contribution in [2.45, 2.75) is 13.0 Å². The van der Waals surface area contributed by atoms with Gasteiger partial charge in [0.2, 0.25) is 5.91 Å². The number of likely N-dealkylation sites (N-methyl/N-ethyl adjacent to an activating group) is 1. The molecule has 1 aliphatic heterocycles. The summed E-state index contributed by atoms with van der Waals surface area (Å²) >= 11 is 0. The van der Waals surface area contributed by atoms with Gasteiger partial charge in [0.25, 0.3) is 0 Å². The third-order valence-electron chi connectivity index (χ3n) is 3.76. The van der Waals surface area contributed by atoms with Gasteiger partial charge in [0.05, 0.1) is 0 Å². The van der Waals surface area contributed by atoms with E-state index >= 15 is 0 Å². The van der Waals surface area contributed by atoms with Gasteiger partial charge in [0.1, 0.15) is 0 Å². The standard InChI is InChI=1S/C14H21N3O/c1-11(17-9-7-16(2)8-10-17)12-3-5-13(6-4-12)14(15)18/h3-6,11H,7-10H2,1-2H3,(H2,15,18)/t11-/m0/s1. The van der Waals surface area contributed by atoms with Crippen LogP contribution in [0.15, 0.2) is 24.3 Å². The molecule has 1 aromatic rings. The molecule has 0 bridgehead atoms. The summed E-state index contributed by atoms with van der Waals surface area (Å²) in [6.07, 6.45) is 0.